The molecule has 0 bridgehead atoms. The molecule has 0 aliphatic rings. The van der Waals surface area contributed by atoms with Crippen molar-refractivity contribution in [3.05, 3.63) is 53.1 Å². The SMILES string of the molecule is NC(=O)c1nc(Cl)c2c(CNc3ccccc3)c[nH]c2n1. The largest absolute Gasteiger partial charge is 0.381 e. The van der Waals surface area contributed by atoms with Crippen LogP contribution in [0.4, 0.5) is 5.69 Å². The molecule has 3 aromatic rings. The average molecular weight is 302 g/mol. The van der Waals surface area contributed by atoms with E-state index in [1.165, 1.54) is 0 Å². The number of hydrogen-bond donors (Lipinski definition) is 3. The zero-order valence-electron chi connectivity index (χ0n) is 10.9. The second kappa shape index (κ2) is 5.41. The van der Waals surface area contributed by atoms with Crippen LogP contribution in [0.1, 0.15) is 16.2 Å². The number of aromatic amines is 1. The fourth-order valence-corrected chi connectivity index (χ4v) is 2.34. The third-order valence-electron chi connectivity index (χ3n) is 3.05. The van der Waals surface area contributed by atoms with Crippen LogP contribution in [0.2, 0.25) is 5.15 Å². The fraction of sp³-hybridized carbons (Fsp3) is 0.0714. The number of benzene rings is 1. The van der Waals surface area contributed by atoms with E-state index < -0.39 is 5.91 Å². The topological polar surface area (TPSA) is 96.7 Å². The predicted molar refractivity (Wildman–Crippen MR) is 81.2 cm³/mol. The number of nitrogens with two attached hydrogens (primary N) is 1. The number of aromatic nitrogens is 3. The van der Waals surface area contributed by atoms with Crippen molar-refractivity contribution in [2.45, 2.75) is 6.54 Å². The van der Waals surface area contributed by atoms with E-state index in [1.54, 1.807) is 6.20 Å². The summed E-state index contributed by atoms with van der Waals surface area (Å²) in [6.07, 6.45) is 1.78. The minimum Gasteiger partial charge on any atom is -0.381 e. The summed E-state index contributed by atoms with van der Waals surface area (Å²) in [5.41, 5.74) is 7.57. The van der Waals surface area contributed by atoms with E-state index in [-0.39, 0.29) is 11.0 Å². The second-order valence-corrected chi connectivity index (χ2v) is 4.82. The Labute approximate surface area is 125 Å². The standard InChI is InChI=1S/C14H12ClN5O/c15-11-10-8(6-17-9-4-2-1-3-5-9)7-18-13(10)20-14(19-11)12(16)21/h1-5,7,17H,6H2,(H2,16,21)(H,18,19,20). The molecule has 0 saturated carbocycles. The smallest absolute Gasteiger partial charge is 0.286 e. The van der Waals surface area contributed by atoms with Crippen LogP contribution < -0.4 is 11.1 Å². The molecule has 1 amide bonds. The maximum atomic E-state index is 11.1. The summed E-state index contributed by atoms with van der Waals surface area (Å²) in [4.78, 5) is 22.1. The van der Waals surface area contributed by atoms with E-state index in [2.05, 4.69) is 20.3 Å². The second-order valence-electron chi connectivity index (χ2n) is 4.46. The van der Waals surface area contributed by atoms with Crippen molar-refractivity contribution >= 4 is 34.2 Å². The molecule has 21 heavy (non-hydrogen) atoms. The number of rotatable bonds is 4. The van der Waals surface area contributed by atoms with E-state index >= 15 is 0 Å². The van der Waals surface area contributed by atoms with Crippen molar-refractivity contribution in [3.8, 4) is 0 Å². The molecule has 2 aromatic heterocycles. The van der Waals surface area contributed by atoms with Gasteiger partial charge in [0.2, 0.25) is 5.82 Å². The Kier molecular flexibility index (Phi) is 3.45. The van der Waals surface area contributed by atoms with Crippen molar-refractivity contribution < 1.29 is 4.79 Å². The summed E-state index contributed by atoms with van der Waals surface area (Å²) in [7, 11) is 0. The van der Waals surface area contributed by atoms with Crippen molar-refractivity contribution in [1.29, 1.82) is 0 Å². The highest BCUT2D eigenvalue weighted by Crippen LogP contribution is 2.24. The van der Waals surface area contributed by atoms with Crippen LogP contribution in [0, 0.1) is 0 Å². The van der Waals surface area contributed by atoms with Crippen LogP contribution in [-0.2, 0) is 6.54 Å². The molecule has 1 aromatic carbocycles. The van der Waals surface area contributed by atoms with Crippen molar-refractivity contribution in [2.75, 3.05) is 5.32 Å². The van der Waals surface area contributed by atoms with Gasteiger partial charge in [-0.2, -0.15) is 0 Å². The van der Waals surface area contributed by atoms with Crippen LogP contribution in [0.3, 0.4) is 0 Å². The van der Waals surface area contributed by atoms with Gasteiger partial charge in [-0.1, -0.05) is 29.8 Å². The molecule has 0 aliphatic heterocycles. The lowest BCUT2D eigenvalue weighted by atomic mass is 10.2. The number of H-pyrrole nitrogens is 1. The third kappa shape index (κ3) is 2.66. The summed E-state index contributed by atoms with van der Waals surface area (Å²) in [6.45, 7) is 0.559. The van der Waals surface area contributed by atoms with Crippen LogP contribution in [0.15, 0.2) is 36.5 Å². The van der Waals surface area contributed by atoms with E-state index in [0.29, 0.717) is 17.6 Å². The number of anilines is 1. The van der Waals surface area contributed by atoms with Crippen molar-refractivity contribution in [3.63, 3.8) is 0 Å². The molecule has 2 heterocycles. The van der Waals surface area contributed by atoms with Gasteiger partial charge in [-0.15, -0.1) is 0 Å². The lowest BCUT2D eigenvalue weighted by Gasteiger charge is -2.05. The summed E-state index contributed by atoms with van der Waals surface area (Å²) in [6, 6.07) is 9.79. The first kappa shape index (κ1) is 13.4. The molecule has 0 radical (unpaired) electrons. The van der Waals surface area contributed by atoms with Crippen LogP contribution in [0.25, 0.3) is 11.0 Å². The lowest BCUT2D eigenvalue weighted by molar-refractivity contribution is 0.0990. The number of hydrogen-bond acceptors (Lipinski definition) is 4. The van der Waals surface area contributed by atoms with Gasteiger partial charge in [0, 0.05) is 24.0 Å². The Morgan fingerprint density at radius 1 is 1.29 bits per heavy atom. The number of para-hydroxylation sites is 1. The maximum absolute atomic E-state index is 11.1. The quantitative estimate of drug-likeness (QED) is 0.644. The number of nitrogens with zero attached hydrogens (tertiary/aromatic N) is 2. The highest BCUT2D eigenvalue weighted by molar-refractivity contribution is 6.34. The summed E-state index contributed by atoms with van der Waals surface area (Å²) < 4.78 is 0. The Morgan fingerprint density at radius 3 is 2.76 bits per heavy atom. The lowest BCUT2D eigenvalue weighted by Crippen LogP contribution is -2.15. The fourth-order valence-electron chi connectivity index (χ4n) is 2.05. The van der Waals surface area contributed by atoms with Crippen LogP contribution in [-0.4, -0.2) is 20.9 Å². The molecule has 0 saturated heterocycles. The number of nitrogens with one attached hydrogen (secondary N) is 2. The molecule has 0 spiro atoms. The monoisotopic (exact) mass is 301 g/mol. The zero-order chi connectivity index (χ0) is 14.8. The van der Waals surface area contributed by atoms with E-state index in [1.807, 2.05) is 30.3 Å². The van der Waals surface area contributed by atoms with Gasteiger partial charge >= 0.3 is 0 Å². The molecule has 6 nitrogen and oxygen atoms in total. The molecule has 7 heteroatoms. The van der Waals surface area contributed by atoms with Gasteiger partial charge in [-0.05, 0) is 12.1 Å². The van der Waals surface area contributed by atoms with Gasteiger partial charge in [0.1, 0.15) is 10.8 Å². The number of carbonyl (C=O) groups is 1. The van der Waals surface area contributed by atoms with Gasteiger partial charge in [0.05, 0.1) is 5.39 Å². The Bertz CT molecular complexity index is 800. The molecule has 0 aliphatic carbocycles. The molecule has 106 valence electrons. The zero-order valence-corrected chi connectivity index (χ0v) is 11.7. The molecule has 4 N–H and O–H groups in total. The van der Waals surface area contributed by atoms with Gasteiger partial charge in [-0.25, -0.2) is 9.97 Å². The molecule has 0 unspecified atom stereocenters. The highest BCUT2D eigenvalue weighted by Gasteiger charge is 2.14. The molecular formula is C14H12ClN5O. The molecule has 3 rings (SSSR count). The van der Waals surface area contributed by atoms with Gasteiger partial charge in [0.15, 0.2) is 0 Å². The maximum Gasteiger partial charge on any atom is 0.286 e. The minimum atomic E-state index is -0.711. The molecule has 0 atom stereocenters. The van der Waals surface area contributed by atoms with Gasteiger partial charge in [-0.3, -0.25) is 4.79 Å². The minimum absolute atomic E-state index is 0.100. The molecular weight excluding hydrogens is 290 g/mol. The Balaban J connectivity index is 1.92. The summed E-state index contributed by atoms with van der Waals surface area (Å²) in [5, 5.41) is 4.17. The first-order valence-electron chi connectivity index (χ1n) is 6.27. The van der Waals surface area contributed by atoms with Crippen LogP contribution >= 0.6 is 11.6 Å². The normalized spacial score (nSPS) is 10.7. The van der Waals surface area contributed by atoms with E-state index in [0.717, 1.165) is 11.3 Å². The average Bonchev–Trinajstić information content (AvgIpc) is 2.90. The number of carbonyl (C=O) groups excluding carboxylic acids is 1. The van der Waals surface area contributed by atoms with Crippen LogP contribution in [0.5, 0.6) is 0 Å². The van der Waals surface area contributed by atoms with Gasteiger partial charge in [0.25, 0.3) is 5.91 Å². The molecule has 0 fully saturated rings. The van der Waals surface area contributed by atoms with Gasteiger partial charge < -0.3 is 16.0 Å². The Morgan fingerprint density at radius 2 is 2.05 bits per heavy atom. The predicted octanol–water partition coefficient (Wildman–Crippen LogP) is 2.32. The van der Waals surface area contributed by atoms with Crippen molar-refractivity contribution in [2.24, 2.45) is 5.73 Å². The van der Waals surface area contributed by atoms with E-state index in [9.17, 15) is 4.79 Å². The van der Waals surface area contributed by atoms with Crippen molar-refractivity contribution in [1.82, 2.24) is 15.0 Å². The summed E-state index contributed by atoms with van der Waals surface area (Å²) in [5.74, 6) is -0.811. The van der Waals surface area contributed by atoms with E-state index in [4.69, 9.17) is 17.3 Å². The number of amides is 1. The Hall–Kier alpha value is -2.60. The number of primary amides is 1. The first-order chi connectivity index (χ1) is 10.1. The third-order valence-corrected chi connectivity index (χ3v) is 3.32. The first-order valence-corrected chi connectivity index (χ1v) is 6.65. The number of fused-ring (bicyclic) bond motifs is 1. The highest BCUT2D eigenvalue weighted by atomic mass is 35.5. The number of halogens is 1. The summed E-state index contributed by atoms with van der Waals surface area (Å²) >= 11 is 6.13.